The number of benzene rings is 1. The van der Waals surface area contributed by atoms with Crippen LogP contribution in [0.15, 0.2) is 23.4 Å². The topological polar surface area (TPSA) is 95.3 Å². The molecule has 2 heterocycles. The first-order valence-electron chi connectivity index (χ1n) is 10.9. The Morgan fingerprint density at radius 1 is 1.37 bits per heavy atom. The number of thioether (sulfide) groups is 1. The van der Waals surface area contributed by atoms with Crippen molar-refractivity contribution in [3.8, 4) is 5.75 Å². The minimum Gasteiger partial charge on any atom is -0.484 e. The standard InChI is InChI=1S/C23H24ClFN4O4S2/c1-12-4-6-14-17(8-12)35-21(20(14)22(31)32-3)26-19(30)11-34-23-28-27-18(29(23)2)10-33-16-7-5-13(25)9-15(16)24/h5,7,9,12H,4,6,8,10-11H2,1-3H3,(H,26,30). The molecule has 1 aliphatic carbocycles. The van der Waals surface area contributed by atoms with E-state index in [4.69, 9.17) is 21.1 Å². The van der Waals surface area contributed by atoms with E-state index in [2.05, 4.69) is 22.4 Å². The molecule has 4 rings (SSSR count). The highest BCUT2D eigenvalue weighted by Gasteiger charge is 2.29. The summed E-state index contributed by atoms with van der Waals surface area (Å²) in [6.45, 7) is 2.26. The summed E-state index contributed by atoms with van der Waals surface area (Å²) < 4.78 is 25.5. The fourth-order valence-corrected chi connectivity index (χ4v) is 6.15. The lowest BCUT2D eigenvalue weighted by molar-refractivity contribution is -0.113. The van der Waals surface area contributed by atoms with E-state index in [0.717, 1.165) is 29.7 Å². The quantitative estimate of drug-likeness (QED) is 0.322. The number of thiophene rings is 1. The molecule has 0 saturated heterocycles. The van der Waals surface area contributed by atoms with Gasteiger partial charge in [-0.05, 0) is 48.9 Å². The molecule has 0 saturated carbocycles. The number of esters is 1. The van der Waals surface area contributed by atoms with Crippen molar-refractivity contribution in [3.05, 3.63) is 50.9 Å². The van der Waals surface area contributed by atoms with Gasteiger partial charge in [0, 0.05) is 11.9 Å². The number of anilines is 1. The molecule has 1 aromatic carbocycles. The monoisotopic (exact) mass is 538 g/mol. The van der Waals surface area contributed by atoms with E-state index >= 15 is 0 Å². The zero-order valence-corrected chi connectivity index (χ0v) is 21.8. The number of ether oxygens (including phenoxy) is 2. The average Bonchev–Trinajstić information content (AvgIpc) is 3.35. The molecule has 1 N–H and O–H groups in total. The lowest BCUT2D eigenvalue weighted by Gasteiger charge is -2.18. The number of fused-ring (bicyclic) bond motifs is 1. The Bertz CT molecular complexity index is 1260. The van der Waals surface area contributed by atoms with Gasteiger partial charge in [-0.3, -0.25) is 4.79 Å². The number of amides is 1. The zero-order valence-electron chi connectivity index (χ0n) is 19.4. The van der Waals surface area contributed by atoms with Gasteiger partial charge in [-0.2, -0.15) is 0 Å². The third kappa shape index (κ3) is 5.79. The van der Waals surface area contributed by atoms with Crippen molar-refractivity contribution in [2.75, 3.05) is 18.2 Å². The van der Waals surface area contributed by atoms with Crippen molar-refractivity contribution in [2.24, 2.45) is 13.0 Å². The van der Waals surface area contributed by atoms with E-state index in [1.807, 2.05) is 0 Å². The fraction of sp³-hybridized carbons (Fsp3) is 0.391. The summed E-state index contributed by atoms with van der Waals surface area (Å²) in [7, 11) is 3.10. The maximum Gasteiger partial charge on any atom is 0.341 e. The van der Waals surface area contributed by atoms with Gasteiger partial charge in [-0.25, -0.2) is 9.18 Å². The van der Waals surface area contributed by atoms with Crippen LogP contribution in [0.25, 0.3) is 0 Å². The van der Waals surface area contributed by atoms with Crippen LogP contribution in [-0.4, -0.2) is 39.5 Å². The summed E-state index contributed by atoms with van der Waals surface area (Å²) in [6, 6.07) is 3.87. The maximum atomic E-state index is 13.2. The Balaban J connectivity index is 1.38. The van der Waals surface area contributed by atoms with Gasteiger partial charge in [0.15, 0.2) is 11.0 Å². The maximum absolute atomic E-state index is 13.2. The third-order valence-electron chi connectivity index (χ3n) is 5.66. The first-order valence-corrected chi connectivity index (χ1v) is 13.1. The molecule has 186 valence electrons. The first kappa shape index (κ1) is 25.5. The Morgan fingerprint density at radius 2 is 2.17 bits per heavy atom. The molecule has 1 atom stereocenters. The molecular weight excluding hydrogens is 515 g/mol. The average molecular weight is 539 g/mol. The van der Waals surface area contributed by atoms with Gasteiger partial charge >= 0.3 is 5.97 Å². The second kappa shape index (κ2) is 11.0. The Morgan fingerprint density at radius 3 is 2.91 bits per heavy atom. The summed E-state index contributed by atoms with van der Waals surface area (Å²) in [5.41, 5.74) is 1.46. The summed E-state index contributed by atoms with van der Waals surface area (Å²) in [4.78, 5) is 26.3. The molecule has 1 aliphatic rings. The number of hydrogen-bond acceptors (Lipinski definition) is 8. The largest absolute Gasteiger partial charge is 0.484 e. The van der Waals surface area contributed by atoms with Crippen molar-refractivity contribution in [3.63, 3.8) is 0 Å². The van der Waals surface area contributed by atoms with Gasteiger partial charge in [0.05, 0.1) is 23.4 Å². The minimum atomic E-state index is -0.450. The number of carbonyl (C=O) groups is 2. The number of rotatable bonds is 8. The molecular formula is C23H24ClFN4O4S2. The van der Waals surface area contributed by atoms with E-state index in [1.165, 1.54) is 48.4 Å². The summed E-state index contributed by atoms with van der Waals surface area (Å²) in [5, 5.41) is 12.3. The molecule has 12 heteroatoms. The van der Waals surface area contributed by atoms with Gasteiger partial charge in [0.25, 0.3) is 0 Å². The van der Waals surface area contributed by atoms with Gasteiger partial charge in [0.2, 0.25) is 5.91 Å². The molecule has 2 aromatic heterocycles. The van der Waals surface area contributed by atoms with Gasteiger partial charge in [-0.1, -0.05) is 30.3 Å². The Hall–Kier alpha value is -2.63. The van der Waals surface area contributed by atoms with E-state index in [9.17, 15) is 14.0 Å². The number of aromatic nitrogens is 3. The van der Waals surface area contributed by atoms with Crippen LogP contribution in [0.4, 0.5) is 9.39 Å². The summed E-state index contributed by atoms with van der Waals surface area (Å²) in [6.07, 6.45) is 2.69. The van der Waals surface area contributed by atoms with Crippen molar-refractivity contribution >= 4 is 51.6 Å². The SMILES string of the molecule is COC(=O)c1c(NC(=O)CSc2nnc(COc3ccc(F)cc3Cl)n2C)sc2c1CCC(C)C2. The van der Waals surface area contributed by atoms with Crippen LogP contribution in [0.3, 0.4) is 0 Å². The van der Waals surface area contributed by atoms with Crippen molar-refractivity contribution < 1.29 is 23.5 Å². The molecule has 1 amide bonds. The predicted molar refractivity (Wildman–Crippen MR) is 133 cm³/mol. The predicted octanol–water partition coefficient (Wildman–Crippen LogP) is 4.89. The molecule has 0 radical (unpaired) electrons. The number of nitrogens with zero attached hydrogens (tertiary/aromatic N) is 3. The molecule has 8 nitrogen and oxygen atoms in total. The van der Waals surface area contributed by atoms with Gasteiger partial charge in [-0.15, -0.1) is 21.5 Å². The molecule has 35 heavy (non-hydrogen) atoms. The molecule has 3 aromatic rings. The fourth-order valence-electron chi connectivity index (χ4n) is 3.78. The number of carbonyl (C=O) groups excluding carboxylic acids is 2. The van der Waals surface area contributed by atoms with Crippen molar-refractivity contribution in [1.29, 1.82) is 0 Å². The van der Waals surface area contributed by atoms with E-state index < -0.39 is 11.8 Å². The first-order chi connectivity index (χ1) is 16.8. The van der Waals surface area contributed by atoms with Crippen LogP contribution in [0.5, 0.6) is 5.75 Å². The normalized spacial score (nSPS) is 14.9. The van der Waals surface area contributed by atoms with E-state index in [0.29, 0.717) is 33.2 Å². The molecule has 0 aliphatic heterocycles. The second-order valence-corrected chi connectivity index (χ2v) is 10.7. The lowest BCUT2D eigenvalue weighted by atomic mass is 9.88. The molecule has 0 fully saturated rings. The highest BCUT2D eigenvalue weighted by atomic mass is 35.5. The van der Waals surface area contributed by atoms with Crippen LogP contribution in [0.1, 0.15) is 40.0 Å². The molecule has 0 spiro atoms. The third-order valence-corrected chi connectivity index (χ3v) is 8.15. The molecule has 1 unspecified atom stereocenters. The van der Waals surface area contributed by atoms with Crippen molar-refractivity contribution in [2.45, 2.75) is 37.9 Å². The van der Waals surface area contributed by atoms with Crippen LogP contribution in [0.2, 0.25) is 5.02 Å². The van der Waals surface area contributed by atoms with Crippen molar-refractivity contribution in [1.82, 2.24) is 14.8 Å². The number of methoxy groups -OCH3 is 1. The zero-order chi connectivity index (χ0) is 25.1. The smallest absolute Gasteiger partial charge is 0.341 e. The number of nitrogens with one attached hydrogen (secondary N) is 1. The minimum absolute atomic E-state index is 0.0727. The van der Waals surface area contributed by atoms with Crippen LogP contribution in [-0.2, 0) is 36.0 Å². The number of hydrogen-bond donors (Lipinski definition) is 1. The molecule has 0 bridgehead atoms. The van der Waals surface area contributed by atoms with E-state index in [-0.39, 0.29) is 23.3 Å². The number of halogens is 2. The highest BCUT2D eigenvalue weighted by Crippen LogP contribution is 2.40. The second-order valence-electron chi connectivity index (χ2n) is 8.21. The lowest BCUT2D eigenvalue weighted by Crippen LogP contribution is -2.17. The van der Waals surface area contributed by atoms with E-state index in [1.54, 1.807) is 11.6 Å². The highest BCUT2D eigenvalue weighted by molar-refractivity contribution is 7.99. The van der Waals surface area contributed by atoms with Crippen LogP contribution < -0.4 is 10.1 Å². The van der Waals surface area contributed by atoms with Gasteiger partial charge < -0.3 is 19.4 Å². The summed E-state index contributed by atoms with van der Waals surface area (Å²) in [5.74, 6) is 0.328. The Labute approximate surface area is 215 Å². The van der Waals surface area contributed by atoms with Gasteiger partial charge in [0.1, 0.15) is 23.2 Å². The van der Waals surface area contributed by atoms with Crippen LogP contribution in [0, 0.1) is 11.7 Å². The Kier molecular flexibility index (Phi) is 7.98. The van der Waals surface area contributed by atoms with Crippen LogP contribution >= 0.6 is 34.7 Å². The summed E-state index contributed by atoms with van der Waals surface area (Å²) >= 11 is 8.65.